The minimum atomic E-state index is 0.0953. The number of hydrogen-bond donors (Lipinski definition) is 0. The highest BCUT2D eigenvalue weighted by molar-refractivity contribution is 7.03. The summed E-state index contributed by atoms with van der Waals surface area (Å²) in [7, 11) is 0. The zero-order chi connectivity index (χ0) is 38.6. The molecule has 0 fully saturated rings. The molecule has 272 valence electrons. The summed E-state index contributed by atoms with van der Waals surface area (Å²) in [6, 6.07) is 78.6. The predicted molar refractivity (Wildman–Crippen MR) is 251 cm³/mol. The monoisotopic (exact) mass is 746 g/mol. The molecule has 0 aliphatic carbocycles. The molecule has 3 aliphatic heterocycles. The van der Waals surface area contributed by atoms with Crippen molar-refractivity contribution in [2.75, 3.05) is 9.80 Å². The Kier molecular flexibility index (Phi) is 6.85. The lowest BCUT2D eigenvalue weighted by Crippen LogP contribution is -2.61. The van der Waals surface area contributed by atoms with Crippen LogP contribution in [0.1, 0.15) is 0 Å². The maximum absolute atomic E-state index is 2.53. The second-order valence-electron chi connectivity index (χ2n) is 16.0. The summed E-state index contributed by atoms with van der Waals surface area (Å²) in [5.74, 6) is 0. The molecule has 0 saturated heterocycles. The molecule has 2 nitrogen and oxygen atoms in total. The number of hydrogen-bond acceptors (Lipinski definition) is 2. The summed E-state index contributed by atoms with van der Waals surface area (Å²) in [4.78, 5) is 5.04. The molecule has 0 bridgehead atoms. The van der Waals surface area contributed by atoms with Gasteiger partial charge < -0.3 is 9.80 Å². The lowest BCUT2D eigenvalue weighted by atomic mass is 9.29. The van der Waals surface area contributed by atoms with Crippen molar-refractivity contribution in [1.29, 1.82) is 0 Å². The third-order valence-corrected chi connectivity index (χ3v) is 13.0. The van der Waals surface area contributed by atoms with Crippen molar-refractivity contribution < 1.29 is 0 Å². The van der Waals surface area contributed by atoms with Crippen LogP contribution in [-0.2, 0) is 0 Å². The largest absolute Gasteiger partial charge is 0.311 e. The van der Waals surface area contributed by atoms with E-state index in [-0.39, 0.29) is 6.71 Å². The molecule has 0 radical (unpaired) electrons. The Labute approximate surface area is 344 Å². The van der Waals surface area contributed by atoms with Crippen LogP contribution in [0.3, 0.4) is 0 Å². The summed E-state index contributed by atoms with van der Waals surface area (Å²) in [6.07, 6.45) is 0. The summed E-state index contributed by atoms with van der Waals surface area (Å²) in [6.45, 7) is 0.0953. The van der Waals surface area contributed by atoms with Crippen LogP contribution in [0.15, 0.2) is 212 Å². The van der Waals surface area contributed by atoms with E-state index in [2.05, 4.69) is 222 Å². The van der Waals surface area contributed by atoms with Gasteiger partial charge in [0, 0.05) is 33.9 Å². The van der Waals surface area contributed by atoms with Crippen LogP contribution in [0.25, 0.3) is 66.1 Å². The van der Waals surface area contributed by atoms with Crippen molar-refractivity contribution in [1.82, 2.24) is 0 Å². The summed E-state index contributed by atoms with van der Waals surface area (Å²) < 4.78 is 0. The molecule has 0 N–H and O–H groups in total. The first kappa shape index (κ1) is 32.5. The third-order valence-electron chi connectivity index (χ3n) is 13.0. The quantitative estimate of drug-likeness (QED) is 0.156. The Morgan fingerprint density at radius 2 is 0.780 bits per heavy atom. The summed E-state index contributed by atoms with van der Waals surface area (Å²) in [5.41, 5.74) is 21.3. The van der Waals surface area contributed by atoms with Crippen LogP contribution in [0.5, 0.6) is 0 Å². The predicted octanol–water partition coefficient (Wildman–Crippen LogP) is 13.1. The van der Waals surface area contributed by atoms with Crippen LogP contribution >= 0.6 is 0 Å². The van der Waals surface area contributed by atoms with Gasteiger partial charge >= 0.3 is 0 Å². The number of fused-ring (bicyclic) bond motifs is 2. The molecule has 3 heteroatoms. The Hall–Kier alpha value is -7.62. The van der Waals surface area contributed by atoms with Gasteiger partial charge in [-0.1, -0.05) is 169 Å². The first-order chi connectivity index (χ1) is 29.3. The highest BCUT2D eigenvalue weighted by Crippen LogP contribution is 2.51. The van der Waals surface area contributed by atoms with E-state index in [1.54, 1.807) is 0 Å². The summed E-state index contributed by atoms with van der Waals surface area (Å²) >= 11 is 0. The molecule has 0 spiro atoms. The van der Waals surface area contributed by atoms with E-state index in [9.17, 15) is 0 Å². The minimum absolute atomic E-state index is 0.0953. The number of nitrogens with zero attached hydrogens (tertiary/aromatic N) is 2. The maximum atomic E-state index is 2.53. The second kappa shape index (κ2) is 12.4. The molecule has 10 aromatic carbocycles. The first-order valence-electron chi connectivity index (χ1n) is 20.6. The molecule has 3 aliphatic rings. The number of benzene rings is 10. The minimum Gasteiger partial charge on any atom is -0.311 e. The fourth-order valence-corrected chi connectivity index (χ4v) is 10.6. The van der Waals surface area contributed by atoms with E-state index in [1.165, 1.54) is 99.5 Å². The van der Waals surface area contributed by atoms with Crippen LogP contribution < -0.4 is 26.2 Å². The molecule has 59 heavy (non-hydrogen) atoms. The molecular weight excluding hydrogens is 711 g/mol. The van der Waals surface area contributed by atoms with Crippen molar-refractivity contribution in [2.45, 2.75) is 0 Å². The molecule has 10 aromatic rings. The average Bonchev–Trinajstić information content (AvgIpc) is 3.31. The van der Waals surface area contributed by atoms with Gasteiger partial charge in [-0.25, -0.2) is 0 Å². The zero-order valence-electron chi connectivity index (χ0n) is 32.2. The highest BCUT2D eigenvalue weighted by Gasteiger charge is 2.46. The van der Waals surface area contributed by atoms with Crippen molar-refractivity contribution in [3.63, 3.8) is 0 Å². The molecule has 3 heterocycles. The lowest BCUT2D eigenvalue weighted by Gasteiger charge is -2.44. The normalized spacial score (nSPS) is 12.7. The molecule has 0 aromatic heterocycles. The smallest absolute Gasteiger partial charge is 0.249 e. The first-order valence-corrected chi connectivity index (χ1v) is 20.6. The molecular formula is C56H35BN2. The van der Waals surface area contributed by atoms with E-state index < -0.39 is 0 Å². The SMILES string of the molecule is c1ccc(-c2ccccc2N(c2cc3c4c(c2)-c2cccc5ccc6c(c25)B4c2c(ccc4cccc-3c24)N6c2ccccc2)c2ccccc2-c2ccccc2)cc1. The topological polar surface area (TPSA) is 6.48 Å². The van der Waals surface area contributed by atoms with Gasteiger partial charge in [-0.15, -0.1) is 0 Å². The average molecular weight is 747 g/mol. The van der Waals surface area contributed by atoms with Crippen molar-refractivity contribution >= 4 is 78.8 Å². The summed E-state index contributed by atoms with van der Waals surface area (Å²) in [5, 5.41) is 5.27. The maximum Gasteiger partial charge on any atom is 0.249 e. The van der Waals surface area contributed by atoms with E-state index in [0.29, 0.717) is 0 Å². The van der Waals surface area contributed by atoms with E-state index in [1.807, 2.05) is 0 Å². The molecule has 13 rings (SSSR count). The van der Waals surface area contributed by atoms with Gasteiger partial charge in [0.25, 0.3) is 0 Å². The van der Waals surface area contributed by atoms with Gasteiger partial charge in [0.1, 0.15) is 0 Å². The van der Waals surface area contributed by atoms with Crippen LogP contribution in [-0.4, -0.2) is 6.71 Å². The molecule has 0 amide bonds. The van der Waals surface area contributed by atoms with Gasteiger partial charge in [0.05, 0.1) is 11.4 Å². The van der Waals surface area contributed by atoms with Crippen LogP contribution in [0, 0.1) is 0 Å². The van der Waals surface area contributed by atoms with Gasteiger partial charge in [0.2, 0.25) is 6.71 Å². The van der Waals surface area contributed by atoms with Crippen molar-refractivity contribution in [2.24, 2.45) is 0 Å². The van der Waals surface area contributed by atoms with E-state index in [4.69, 9.17) is 0 Å². The van der Waals surface area contributed by atoms with Gasteiger partial charge in [0.15, 0.2) is 0 Å². The van der Waals surface area contributed by atoms with Gasteiger partial charge in [-0.2, -0.15) is 0 Å². The van der Waals surface area contributed by atoms with E-state index in [0.717, 1.165) is 17.1 Å². The van der Waals surface area contributed by atoms with Crippen LogP contribution in [0.4, 0.5) is 34.1 Å². The fourth-order valence-electron chi connectivity index (χ4n) is 10.6. The third kappa shape index (κ3) is 4.59. The fraction of sp³-hybridized carbons (Fsp3) is 0. The van der Waals surface area contributed by atoms with Crippen molar-refractivity contribution in [3.8, 4) is 44.5 Å². The zero-order valence-corrected chi connectivity index (χ0v) is 32.2. The molecule has 0 saturated carbocycles. The highest BCUT2D eigenvalue weighted by atomic mass is 15.2. The number of para-hydroxylation sites is 3. The standard InChI is InChI=1S/C56H35BN2/c1-4-16-36(17-5-1)42-24-10-12-28-48(42)59(49-29-13-11-25-43(49)37-18-6-2-7-19-37)41-34-46-44-26-14-20-38-30-32-50-55(52(38)44)57-54(46)47(35-41)45-27-15-21-39-31-33-51(56(57)53(39)45)58(50)40-22-8-3-9-23-40/h1-35H. The Bertz CT molecular complexity index is 3140. The molecule has 0 unspecified atom stereocenters. The van der Waals surface area contributed by atoms with Crippen molar-refractivity contribution in [3.05, 3.63) is 212 Å². The van der Waals surface area contributed by atoms with Gasteiger partial charge in [-0.3, -0.25) is 0 Å². The Balaban J connectivity index is 1.17. The van der Waals surface area contributed by atoms with Crippen LogP contribution in [0.2, 0.25) is 0 Å². The number of anilines is 6. The van der Waals surface area contributed by atoms with E-state index >= 15 is 0 Å². The Morgan fingerprint density at radius 1 is 0.339 bits per heavy atom. The number of rotatable bonds is 6. The molecule has 0 atom stereocenters. The second-order valence-corrected chi connectivity index (χ2v) is 16.0. The van der Waals surface area contributed by atoms with Gasteiger partial charge in [-0.05, 0) is 114 Å². The lowest BCUT2D eigenvalue weighted by molar-refractivity contribution is 1.28. The Morgan fingerprint density at radius 3 is 1.29 bits per heavy atom.